The molecule has 6 nitrogen and oxygen atoms in total. The smallest absolute Gasteiger partial charge is 0.252 e. The van der Waals surface area contributed by atoms with Crippen molar-refractivity contribution in [2.45, 2.75) is 30.0 Å². The third kappa shape index (κ3) is 4.06. The fraction of sp³-hybridized carbons (Fsp3) is 0.438. The first-order valence-electron chi connectivity index (χ1n) is 7.88. The van der Waals surface area contributed by atoms with E-state index in [0.29, 0.717) is 43.1 Å². The summed E-state index contributed by atoms with van der Waals surface area (Å²) < 4.78 is 32.0. The molecule has 2 aromatic rings. The molecule has 24 heavy (non-hydrogen) atoms. The van der Waals surface area contributed by atoms with Gasteiger partial charge in [-0.1, -0.05) is 6.07 Å². The molecule has 0 radical (unpaired) electrons. The second-order valence-electron chi connectivity index (χ2n) is 5.84. The summed E-state index contributed by atoms with van der Waals surface area (Å²) in [4.78, 5) is 12.0. The predicted octanol–water partition coefficient (Wildman–Crippen LogP) is 2.45. The van der Waals surface area contributed by atoms with Gasteiger partial charge in [0.1, 0.15) is 9.97 Å². The van der Waals surface area contributed by atoms with Crippen molar-refractivity contribution in [2.75, 3.05) is 13.1 Å². The molecule has 1 fully saturated rings. The highest BCUT2D eigenvalue weighted by Crippen LogP contribution is 2.27. The van der Waals surface area contributed by atoms with Crippen molar-refractivity contribution in [3.63, 3.8) is 0 Å². The van der Waals surface area contributed by atoms with Crippen LogP contribution in [0, 0.1) is 5.92 Å². The average molecular weight is 368 g/mol. The fourth-order valence-corrected chi connectivity index (χ4v) is 5.44. The van der Waals surface area contributed by atoms with Crippen LogP contribution in [-0.2, 0) is 21.4 Å². The lowest BCUT2D eigenvalue weighted by atomic mass is 9.94. The van der Waals surface area contributed by atoms with Crippen LogP contribution in [0.1, 0.15) is 25.0 Å². The summed E-state index contributed by atoms with van der Waals surface area (Å²) in [6.45, 7) is 1.32. The number of amides is 1. The Hall–Kier alpha value is -1.64. The summed E-state index contributed by atoms with van der Waals surface area (Å²) in [7, 11) is -3.37. The molecule has 1 aliphatic rings. The second-order valence-corrected chi connectivity index (χ2v) is 8.95. The van der Waals surface area contributed by atoms with E-state index in [4.69, 9.17) is 4.42 Å². The van der Waals surface area contributed by atoms with Gasteiger partial charge in [0.25, 0.3) is 10.0 Å². The van der Waals surface area contributed by atoms with Gasteiger partial charge in [-0.2, -0.15) is 4.31 Å². The van der Waals surface area contributed by atoms with Gasteiger partial charge in [-0.25, -0.2) is 8.42 Å². The largest absolute Gasteiger partial charge is 0.467 e. The number of thiophene rings is 1. The molecule has 0 atom stereocenters. The van der Waals surface area contributed by atoms with E-state index in [2.05, 4.69) is 5.32 Å². The molecule has 3 heterocycles. The summed E-state index contributed by atoms with van der Waals surface area (Å²) in [6.07, 6.45) is 3.41. The Morgan fingerprint density at radius 1 is 1.29 bits per heavy atom. The highest BCUT2D eigenvalue weighted by molar-refractivity contribution is 7.91. The predicted molar refractivity (Wildman–Crippen MR) is 91.0 cm³/mol. The van der Waals surface area contributed by atoms with Crippen LogP contribution in [0.2, 0.25) is 0 Å². The first-order valence-corrected chi connectivity index (χ1v) is 10.2. The maximum atomic E-state index is 12.5. The Morgan fingerprint density at radius 2 is 2.08 bits per heavy atom. The lowest BCUT2D eigenvalue weighted by Gasteiger charge is -2.30. The van der Waals surface area contributed by atoms with Gasteiger partial charge in [0.2, 0.25) is 5.91 Å². The highest BCUT2D eigenvalue weighted by atomic mass is 32.2. The van der Waals surface area contributed by atoms with Gasteiger partial charge in [-0.3, -0.25) is 4.79 Å². The Bertz CT molecular complexity index is 746. The van der Waals surface area contributed by atoms with Crippen LogP contribution in [0.5, 0.6) is 0 Å². The van der Waals surface area contributed by atoms with E-state index < -0.39 is 10.0 Å². The van der Waals surface area contributed by atoms with Crippen LogP contribution in [-0.4, -0.2) is 31.7 Å². The minimum Gasteiger partial charge on any atom is -0.467 e. The molecular formula is C16H20N2O4S2. The maximum absolute atomic E-state index is 12.5. The maximum Gasteiger partial charge on any atom is 0.252 e. The average Bonchev–Trinajstić information content (AvgIpc) is 3.27. The van der Waals surface area contributed by atoms with Crippen LogP contribution in [0.4, 0.5) is 0 Å². The van der Waals surface area contributed by atoms with Crippen LogP contribution in [0.25, 0.3) is 0 Å². The van der Waals surface area contributed by atoms with Gasteiger partial charge < -0.3 is 9.73 Å². The van der Waals surface area contributed by atoms with Crippen LogP contribution < -0.4 is 5.32 Å². The Balaban J connectivity index is 1.46. The van der Waals surface area contributed by atoms with E-state index in [-0.39, 0.29) is 11.8 Å². The summed E-state index contributed by atoms with van der Waals surface area (Å²) >= 11 is 1.24. The van der Waals surface area contributed by atoms with E-state index in [9.17, 15) is 13.2 Å². The number of hydrogen-bond acceptors (Lipinski definition) is 5. The molecular weight excluding hydrogens is 348 g/mol. The van der Waals surface area contributed by atoms with Crippen molar-refractivity contribution in [3.8, 4) is 0 Å². The molecule has 3 rings (SSSR count). The number of furan rings is 1. The number of carbonyl (C=O) groups excluding carboxylic acids is 1. The Morgan fingerprint density at radius 3 is 2.71 bits per heavy atom. The standard InChI is InChI=1S/C16H20N2O4S2/c19-15(17-12-14-3-1-9-22-14)11-13-5-7-18(8-6-13)24(20,21)16-4-2-10-23-16/h1-4,9-10,13H,5-8,11-12H2,(H,17,19). The normalized spacial score (nSPS) is 17.0. The van der Waals surface area contributed by atoms with Crippen molar-refractivity contribution in [2.24, 2.45) is 5.92 Å². The Labute approximate surface area is 145 Å². The second kappa shape index (κ2) is 7.50. The molecule has 0 bridgehead atoms. The number of hydrogen-bond donors (Lipinski definition) is 1. The molecule has 0 saturated carbocycles. The van der Waals surface area contributed by atoms with Gasteiger partial charge in [-0.15, -0.1) is 11.3 Å². The van der Waals surface area contributed by atoms with Crippen molar-refractivity contribution < 1.29 is 17.6 Å². The van der Waals surface area contributed by atoms with Gasteiger partial charge in [0, 0.05) is 19.5 Å². The molecule has 0 spiro atoms. The molecule has 130 valence electrons. The van der Waals surface area contributed by atoms with Gasteiger partial charge in [0.15, 0.2) is 0 Å². The van der Waals surface area contributed by atoms with Crippen molar-refractivity contribution in [3.05, 3.63) is 41.7 Å². The summed E-state index contributed by atoms with van der Waals surface area (Å²) in [5.41, 5.74) is 0. The first-order chi connectivity index (χ1) is 11.6. The van der Waals surface area contributed by atoms with Crippen LogP contribution >= 0.6 is 11.3 Å². The highest BCUT2D eigenvalue weighted by Gasteiger charge is 2.30. The molecule has 8 heteroatoms. The fourth-order valence-electron chi connectivity index (χ4n) is 2.82. The molecule has 1 saturated heterocycles. The lowest BCUT2D eigenvalue weighted by Crippen LogP contribution is -2.39. The van der Waals surface area contributed by atoms with E-state index in [1.807, 2.05) is 6.07 Å². The monoisotopic (exact) mass is 368 g/mol. The van der Waals surface area contributed by atoms with E-state index in [1.165, 1.54) is 15.6 Å². The first kappa shape index (κ1) is 17.2. The lowest BCUT2D eigenvalue weighted by molar-refractivity contribution is -0.122. The molecule has 1 N–H and O–H groups in total. The van der Waals surface area contributed by atoms with Crippen LogP contribution in [0.15, 0.2) is 44.5 Å². The molecule has 0 unspecified atom stereocenters. The number of carbonyl (C=O) groups is 1. The number of nitrogens with one attached hydrogen (secondary N) is 1. The van der Waals surface area contributed by atoms with E-state index in [1.54, 1.807) is 29.8 Å². The van der Waals surface area contributed by atoms with Crippen molar-refractivity contribution in [1.29, 1.82) is 0 Å². The SMILES string of the molecule is O=C(CC1CCN(S(=O)(=O)c2cccs2)CC1)NCc1ccco1. The summed E-state index contributed by atoms with van der Waals surface area (Å²) in [5, 5.41) is 4.60. The zero-order chi connectivity index (χ0) is 17.0. The number of nitrogens with zero attached hydrogens (tertiary/aromatic N) is 1. The minimum atomic E-state index is -3.37. The van der Waals surface area contributed by atoms with E-state index >= 15 is 0 Å². The molecule has 1 aliphatic heterocycles. The van der Waals surface area contributed by atoms with Gasteiger partial charge >= 0.3 is 0 Å². The molecule has 0 aromatic carbocycles. The van der Waals surface area contributed by atoms with Crippen LogP contribution in [0.3, 0.4) is 0 Å². The van der Waals surface area contributed by atoms with Gasteiger partial charge in [0.05, 0.1) is 12.8 Å². The summed E-state index contributed by atoms with van der Waals surface area (Å²) in [6, 6.07) is 6.97. The Kier molecular flexibility index (Phi) is 5.37. The van der Waals surface area contributed by atoms with E-state index in [0.717, 1.165) is 5.76 Å². The number of piperidine rings is 1. The third-order valence-corrected chi connectivity index (χ3v) is 7.45. The van der Waals surface area contributed by atoms with Gasteiger partial charge in [-0.05, 0) is 42.3 Å². The number of rotatable bonds is 6. The third-order valence-electron chi connectivity index (χ3n) is 4.18. The minimum absolute atomic E-state index is 0.0223. The summed E-state index contributed by atoms with van der Waals surface area (Å²) in [5.74, 6) is 0.919. The number of sulfonamides is 1. The zero-order valence-electron chi connectivity index (χ0n) is 13.2. The molecule has 1 amide bonds. The van der Waals surface area contributed by atoms with Crippen molar-refractivity contribution >= 4 is 27.3 Å². The molecule has 0 aliphatic carbocycles. The quantitative estimate of drug-likeness (QED) is 0.849. The molecule has 2 aromatic heterocycles. The zero-order valence-corrected chi connectivity index (χ0v) is 14.8. The topological polar surface area (TPSA) is 79.6 Å². The van der Waals surface area contributed by atoms with Crippen molar-refractivity contribution in [1.82, 2.24) is 9.62 Å².